The van der Waals surface area contributed by atoms with Gasteiger partial charge in [-0.2, -0.15) is 0 Å². The van der Waals surface area contributed by atoms with E-state index in [9.17, 15) is 27.5 Å². The summed E-state index contributed by atoms with van der Waals surface area (Å²) >= 11 is 0. The van der Waals surface area contributed by atoms with Crippen molar-refractivity contribution in [3.63, 3.8) is 0 Å². The van der Waals surface area contributed by atoms with Crippen LogP contribution in [0, 0.1) is 18.7 Å². The summed E-state index contributed by atoms with van der Waals surface area (Å²) in [4.78, 5) is 29.6. The van der Waals surface area contributed by atoms with Crippen LogP contribution >= 0.6 is 0 Å². The highest BCUT2D eigenvalue weighted by Gasteiger charge is 2.34. The van der Waals surface area contributed by atoms with Gasteiger partial charge in [0.25, 0.3) is 15.9 Å². The molecule has 0 bridgehead atoms. The molecule has 0 radical (unpaired) electrons. The maximum absolute atomic E-state index is 13.7. The number of ether oxygens (including phenoxy) is 1. The van der Waals surface area contributed by atoms with Gasteiger partial charge in [-0.05, 0) is 68.4 Å². The molecular formula is C30H35FN4O6S. The molecule has 4 rings (SSSR count). The van der Waals surface area contributed by atoms with Crippen LogP contribution in [0.2, 0.25) is 0 Å². The van der Waals surface area contributed by atoms with Crippen LogP contribution in [-0.4, -0.2) is 74.2 Å². The van der Waals surface area contributed by atoms with Crippen molar-refractivity contribution in [2.45, 2.75) is 37.8 Å². The fraction of sp³-hybridized carbons (Fsp3) is 0.333. The van der Waals surface area contributed by atoms with E-state index in [1.807, 2.05) is 13.8 Å². The lowest BCUT2D eigenvalue weighted by Crippen LogP contribution is -2.50. The second kappa shape index (κ2) is 12.8. The van der Waals surface area contributed by atoms with E-state index in [0.29, 0.717) is 5.69 Å². The molecule has 224 valence electrons. The Kier molecular flexibility index (Phi) is 9.37. The first-order valence-corrected chi connectivity index (χ1v) is 15.0. The Morgan fingerprint density at radius 3 is 2.40 bits per heavy atom. The fourth-order valence-electron chi connectivity index (χ4n) is 4.54. The van der Waals surface area contributed by atoms with E-state index in [1.54, 1.807) is 26.1 Å². The lowest BCUT2D eigenvalue weighted by molar-refractivity contribution is 0.0371. The number of nitrogens with zero attached hydrogens (tertiary/aromatic N) is 2. The molecule has 1 aliphatic rings. The van der Waals surface area contributed by atoms with Crippen LogP contribution in [-0.2, 0) is 10.0 Å². The highest BCUT2D eigenvalue weighted by atomic mass is 32.2. The van der Waals surface area contributed by atoms with Gasteiger partial charge >= 0.3 is 6.03 Å². The van der Waals surface area contributed by atoms with Crippen LogP contribution in [0.3, 0.4) is 0 Å². The molecular weight excluding hydrogens is 563 g/mol. The Bertz CT molecular complexity index is 1530. The maximum atomic E-state index is 13.7. The number of aliphatic hydroxyl groups is 1. The lowest BCUT2D eigenvalue weighted by Gasteiger charge is -2.38. The first-order chi connectivity index (χ1) is 19.9. The number of aryl methyl sites for hydroxylation is 1. The highest BCUT2D eigenvalue weighted by Crippen LogP contribution is 2.31. The third-order valence-corrected chi connectivity index (χ3v) is 8.54. The SMILES string of the molecule is Cc1ccc(S(=O)(=O)Nc2ccc3c(c2)C(=O)N([C@H](C)CO)C[C@H](C)[C@H](CN(C)C(=O)Nc2ccc(F)cc2)O3)cc1. The summed E-state index contributed by atoms with van der Waals surface area (Å²) in [6, 6.07) is 15.3. The minimum atomic E-state index is -3.93. The van der Waals surface area contributed by atoms with E-state index in [2.05, 4.69) is 10.0 Å². The predicted octanol–water partition coefficient (Wildman–Crippen LogP) is 4.32. The van der Waals surface area contributed by atoms with Crippen LogP contribution in [0.5, 0.6) is 5.75 Å². The monoisotopic (exact) mass is 598 g/mol. The largest absolute Gasteiger partial charge is 0.487 e. The van der Waals surface area contributed by atoms with Gasteiger partial charge in [0.05, 0.1) is 29.7 Å². The molecule has 10 nitrogen and oxygen atoms in total. The number of benzene rings is 3. The summed E-state index contributed by atoms with van der Waals surface area (Å²) in [6.45, 7) is 5.54. The van der Waals surface area contributed by atoms with Gasteiger partial charge in [0, 0.05) is 30.9 Å². The van der Waals surface area contributed by atoms with Crippen molar-refractivity contribution in [3.8, 4) is 5.75 Å². The molecule has 3 atom stereocenters. The Labute approximate surface area is 245 Å². The summed E-state index contributed by atoms with van der Waals surface area (Å²) in [5.74, 6) is -0.871. The van der Waals surface area contributed by atoms with Crippen molar-refractivity contribution in [2.75, 3.05) is 36.8 Å². The Hall–Kier alpha value is -4.16. The molecule has 0 aromatic heterocycles. The topological polar surface area (TPSA) is 128 Å². The van der Waals surface area contributed by atoms with E-state index in [0.717, 1.165) is 5.56 Å². The van der Waals surface area contributed by atoms with Gasteiger partial charge in [-0.15, -0.1) is 0 Å². The van der Waals surface area contributed by atoms with Gasteiger partial charge in [0.15, 0.2) is 0 Å². The number of likely N-dealkylation sites (N-methyl/N-ethyl adjacent to an activating group) is 1. The third kappa shape index (κ3) is 7.18. The summed E-state index contributed by atoms with van der Waals surface area (Å²) in [7, 11) is -2.33. The predicted molar refractivity (Wildman–Crippen MR) is 158 cm³/mol. The molecule has 3 amide bonds. The zero-order valence-corrected chi connectivity index (χ0v) is 24.7. The van der Waals surface area contributed by atoms with Gasteiger partial charge in [-0.1, -0.05) is 24.6 Å². The molecule has 0 spiro atoms. The van der Waals surface area contributed by atoms with Crippen molar-refractivity contribution >= 4 is 33.3 Å². The number of hydrogen-bond donors (Lipinski definition) is 3. The zero-order chi connectivity index (χ0) is 30.6. The van der Waals surface area contributed by atoms with Crippen LogP contribution in [0.15, 0.2) is 71.6 Å². The number of nitrogens with one attached hydrogen (secondary N) is 2. The van der Waals surface area contributed by atoms with Gasteiger partial charge in [0.1, 0.15) is 17.7 Å². The molecule has 1 heterocycles. The summed E-state index contributed by atoms with van der Waals surface area (Å²) in [5, 5.41) is 12.6. The first kappa shape index (κ1) is 30.8. The molecule has 3 N–H and O–H groups in total. The van der Waals surface area contributed by atoms with Gasteiger partial charge in [-0.3, -0.25) is 9.52 Å². The second-order valence-corrected chi connectivity index (χ2v) is 12.3. The first-order valence-electron chi connectivity index (χ1n) is 13.5. The molecule has 3 aromatic carbocycles. The van der Waals surface area contributed by atoms with Crippen molar-refractivity contribution in [1.29, 1.82) is 0 Å². The highest BCUT2D eigenvalue weighted by molar-refractivity contribution is 7.92. The number of rotatable bonds is 8. The molecule has 0 saturated carbocycles. The minimum Gasteiger partial charge on any atom is -0.487 e. The molecule has 3 aromatic rings. The Morgan fingerprint density at radius 1 is 1.12 bits per heavy atom. The Balaban J connectivity index is 1.61. The number of fused-ring (bicyclic) bond motifs is 1. The number of aliphatic hydroxyl groups excluding tert-OH is 1. The number of urea groups is 1. The average molecular weight is 599 g/mol. The van der Waals surface area contributed by atoms with E-state index in [4.69, 9.17) is 4.74 Å². The minimum absolute atomic E-state index is 0.0776. The number of carbonyl (C=O) groups is 2. The molecule has 0 saturated heterocycles. The van der Waals surface area contributed by atoms with Crippen molar-refractivity contribution in [1.82, 2.24) is 9.80 Å². The number of sulfonamides is 1. The number of amides is 3. The molecule has 12 heteroatoms. The van der Waals surface area contributed by atoms with Crippen molar-refractivity contribution in [2.24, 2.45) is 5.92 Å². The Morgan fingerprint density at radius 2 is 1.76 bits per heavy atom. The standard InChI is InChI=1S/C30H35FN4O6S/c1-19-5-12-25(13-6-19)42(39,40)33-24-11-14-27-26(15-24)29(37)35(21(3)18-36)16-20(2)28(41-27)17-34(4)30(38)32-23-9-7-22(31)8-10-23/h5-15,20-21,28,33,36H,16-18H2,1-4H3,(H,32,38)/t20-,21+,28-/m0/s1. The van der Waals surface area contributed by atoms with E-state index in [-0.39, 0.29) is 47.5 Å². The molecule has 0 aliphatic carbocycles. The van der Waals surface area contributed by atoms with Crippen molar-refractivity contribution in [3.05, 3.63) is 83.7 Å². The van der Waals surface area contributed by atoms with Gasteiger partial charge < -0.3 is 25.0 Å². The van der Waals surface area contributed by atoms with Gasteiger partial charge in [0.2, 0.25) is 0 Å². The summed E-state index contributed by atoms with van der Waals surface area (Å²) < 4.78 is 48.1. The smallest absolute Gasteiger partial charge is 0.321 e. The molecule has 42 heavy (non-hydrogen) atoms. The van der Waals surface area contributed by atoms with Gasteiger partial charge in [-0.25, -0.2) is 17.6 Å². The average Bonchev–Trinajstić information content (AvgIpc) is 2.96. The second-order valence-electron chi connectivity index (χ2n) is 10.6. The third-order valence-electron chi connectivity index (χ3n) is 7.14. The van der Waals surface area contributed by atoms with Crippen LogP contribution in [0.4, 0.5) is 20.6 Å². The molecule has 0 unspecified atom stereocenters. The summed E-state index contributed by atoms with van der Waals surface area (Å²) in [5.41, 5.74) is 1.64. The number of halogens is 1. The number of anilines is 2. The van der Waals surface area contributed by atoms with E-state index < -0.39 is 39.9 Å². The van der Waals surface area contributed by atoms with Crippen LogP contribution < -0.4 is 14.8 Å². The number of carbonyl (C=O) groups excluding carboxylic acids is 2. The van der Waals surface area contributed by atoms with E-state index >= 15 is 0 Å². The van der Waals surface area contributed by atoms with Crippen LogP contribution in [0.1, 0.15) is 29.8 Å². The van der Waals surface area contributed by atoms with Crippen molar-refractivity contribution < 1.29 is 32.2 Å². The number of hydrogen-bond acceptors (Lipinski definition) is 6. The summed E-state index contributed by atoms with van der Waals surface area (Å²) in [6.07, 6.45) is -0.565. The quantitative estimate of drug-likeness (QED) is 0.354. The lowest BCUT2D eigenvalue weighted by atomic mass is 9.99. The molecule has 1 aliphatic heterocycles. The molecule has 0 fully saturated rings. The fourth-order valence-corrected chi connectivity index (χ4v) is 5.59. The maximum Gasteiger partial charge on any atom is 0.321 e. The normalized spacial score (nSPS) is 17.8. The van der Waals surface area contributed by atoms with Crippen LogP contribution in [0.25, 0.3) is 0 Å². The zero-order valence-electron chi connectivity index (χ0n) is 23.9. The van der Waals surface area contributed by atoms with E-state index in [1.165, 1.54) is 64.4 Å².